The third-order valence-corrected chi connectivity index (χ3v) is 10.8. The van der Waals surface area contributed by atoms with Crippen molar-refractivity contribution in [1.29, 1.82) is 0 Å². The molecule has 6 unspecified atom stereocenters. The zero-order valence-corrected chi connectivity index (χ0v) is 16.6. The van der Waals surface area contributed by atoms with E-state index >= 15 is 0 Å². The van der Waals surface area contributed by atoms with Crippen molar-refractivity contribution in [3.63, 3.8) is 0 Å². The number of esters is 1. The Morgan fingerprint density at radius 1 is 1.04 bits per heavy atom. The highest BCUT2D eigenvalue weighted by atomic mass is 16.6. The summed E-state index contributed by atoms with van der Waals surface area (Å²) in [7, 11) is 0. The summed E-state index contributed by atoms with van der Waals surface area (Å²) < 4.78 is 6.22. The summed E-state index contributed by atoms with van der Waals surface area (Å²) in [5, 5.41) is 0. The van der Waals surface area contributed by atoms with Gasteiger partial charge in [-0.25, -0.2) is 0 Å². The monoisotopic (exact) mass is 366 g/mol. The van der Waals surface area contributed by atoms with E-state index in [9.17, 15) is 9.59 Å². The third kappa shape index (κ3) is 1.58. The molecule has 1 saturated heterocycles. The van der Waals surface area contributed by atoms with Gasteiger partial charge in [-0.2, -0.15) is 0 Å². The van der Waals surface area contributed by atoms with Crippen molar-refractivity contribution < 1.29 is 14.3 Å². The minimum absolute atomic E-state index is 0.0559. The topological polar surface area (TPSA) is 43.4 Å². The first kappa shape index (κ1) is 15.8. The van der Waals surface area contributed by atoms with Gasteiger partial charge in [-0.05, 0) is 73.5 Å². The van der Waals surface area contributed by atoms with Crippen LogP contribution in [0.1, 0.15) is 71.6 Å². The fourth-order valence-electron chi connectivity index (χ4n) is 9.66. The molecule has 0 aromatic rings. The first-order chi connectivity index (χ1) is 12.9. The number of carbonyl (C=O) groups excluding carboxylic acids is 2. The minimum atomic E-state index is -0.132. The molecule has 7 rings (SSSR count). The summed E-state index contributed by atoms with van der Waals surface area (Å²) >= 11 is 0. The van der Waals surface area contributed by atoms with Crippen LogP contribution in [0.4, 0.5) is 0 Å². The maximum atomic E-state index is 12.2. The van der Waals surface area contributed by atoms with E-state index in [2.05, 4.69) is 13.8 Å². The summed E-state index contributed by atoms with van der Waals surface area (Å²) in [6.45, 7) is 4.99. The average molecular weight is 367 g/mol. The number of hydrogen-bond donors (Lipinski definition) is 0. The molecule has 0 aromatic carbocycles. The van der Waals surface area contributed by atoms with Crippen LogP contribution < -0.4 is 0 Å². The highest BCUT2D eigenvalue weighted by Crippen LogP contribution is 2.81. The Morgan fingerprint density at radius 2 is 1.89 bits per heavy atom. The zero-order valence-electron chi connectivity index (χ0n) is 16.6. The lowest BCUT2D eigenvalue weighted by Crippen LogP contribution is -2.57. The van der Waals surface area contributed by atoms with Gasteiger partial charge in [-0.3, -0.25) is 9.59 Å². The minimum Gasteiger partial charge on any atom is -0.458 e. The Labute approximate surface area is 161 Å². The zero-order chi connectivity index (χ0) is 18.3. The molecule has 1 heterocycles. The molecule has 6 fully saturated rings. The molecule has 0 aromatic heterocycles. The van der Waals surface area contributed by atoms with Crippen LogP contribution in [0.15, 0.2) is 11.1 Å². The maximum absolute atomic E-state index is 12.2. The molecule has 0 amide bonds. The van der Waals surface area contributed by atoms with E-state index in [4.69, 9.17) is 4.74 Å². The second-order valence-electron chi connectivity index (χ2n) is 11.5. The van der Waals surface area contributed by atoms with Gasteiger partial charge in [0, 0.05) is 30.6 Å². The highest BCUT2D eigenvalue weighted by Gasteiger charge is 2.80. The normalized spacial score (nSPS) is 59.6. The molecule has 0 bridgehead atoms. The fourth-order valence-corrected chi connectivity index (χ4v) is 9.66. The molecule has 3 nitrogen and oxygen atoms in total. The number of ketones is 1. The van der Waals surface area contributed by atoms with Crippen LogP contribution in [0.25, 0.3) is 0 Å². The lowest BCUT2D eigenvalue weighted by Gasteiger charge is -2.59. The van der Waals surface area contributed by atoms with Crippen LogP contribution in [0.5, 0.6) is 0 Å². The van der Waals surface area contributed by atoms with Crippen LogP contribution in [0.2, 0.25) is 0 Å². The van der Waals surface area contributed by atoms with E-state index in [0.29, 0.717) is 18.1 Å². The quantitative estimate of drug-likeness (QED) is 0.470. The van der Waals surface area contributed by atoms with Crippen molar-refractivity contribution in [2.75, 3.05) is 0 Å². The molecule has 3 heteroatoms. The van der Waals surface area contributed by atoms with Crippen LogP contribution in [-0.2, 0) is 14.3 Å². The van der Waals surface area contributed by atoms with E-state index in [1.807, 2.05) is 0 Å². The van der Waals surface area contributed by atoms with Crippen LogP contribution in [0, 0.1) is 46.3 Å². The molecule has 1 aliphatic heterocycles. The van der Waals surface area contributed by atoms with Gasteiger partial charge in [0.25, 0.3) is 0 Å². The highest BCUT2D eigenvalue weighted by molar-refractivity contribution is 5.83. The number of hydrogen-bond acceptors (Lipinski definition) is 3. The number of Topliss-reactive ketones (excluding diaryl/α,β-unsaturated/α-hetero) is 1. The molecule has 144 valence electrons. The molecule has 9 atom stereocenters. The number of fused-ring (bicyclic) bond motifs is 11. The van der Waals surface area contributed by atoms with E-state index in [1.54, 1.807) is 11.1 Å². The largest absolute Gasteiger partial charge is 0.458 e. The lowest BCUT2D eigenvalue weighted by molar-refractivity contribution is -0.176. The SMILES string of the molecule is C[C@]12CCC(=O)CC1=C1CC1C1C2CC[C@@]2(C)C1C1CC1[C@@]21CCC(=O)O1. The smallest absolute Gasteiger partial charge is 0.306 e. The van der Waals surface area contributed by atoms with Crippen molar-refractivity contribution in [1.82, 2.24) is 0 Å². The maximum Gasteiger partial charge on any atom is 0.306 e. The van der Waals surface area contributed by atoms with Gasteiger partial charge in [0.1, 0.15) is 11.4 Å². The van der Waals surface area contributed by atoms with Gasteiger partial charge >= 0.3 is 5.97 Å². The van der Waals surface area contributed by atoms with Gasteiger partial charge in [0.05, 0.1) is 0 Å². The number of carbonyl (C=O) groups is 2. The Hall–Kier alpha value is -1.12. The molecule has 5 saturated carbocycles. The Kier molecular flexibility index (Phi) is 2.56. The molecule has 7 aliphatic rings. The molecule has 1 spiro atoms. The molecule has 0 N–H and O–H groups in total. The first-order valence-corrected chi connectivity index (χ1v) is 11.3. The van der Waals surface area contributed by atoms with Gasteiger partial charge in [0.15, 0.2) is 0 Å². The standard InChI is InChI=1S/C24H30O3/c1-22-6-3-12(25)9-17(22)13-10-14(13)20-16(22)4-7-23(2)21(20)15-11-18(15)24(23)8-5-19(26)27-24/h14-16,18,20-21H,3-11H2,1-2H3/t14?,15?,16?,18?,20?,21?,22-,23+,24+/m1/s1. The third-order valence-electron chi connectivity index (χ3n) is 10.8. The van der Waals surface area contributed by atoms with Crippen molar-refractivity contribution >= 4 is 11.8 Å². The van der Waals surface area contributed by atoms with Crippen molar-refractivity contribution in [3.05, 3.63) is 11.1 Å². The summed E-state index contributed by atoms with van der Waals surface area (Å²) in [5.41, 5.74) is 3.58. The number of ether oxygens (including phenoxy) is 1. The predicted octanol–water partition coefficient (Wildman–Crippen LogP) is 4.45. The Bertz CT molecular complexity index is 841. The molecular weight excluding hydrogens is 336 g/mol. The number of rotatable bonds is 0. The Balaban J connectivity index is 1.34. The second-order valence-corrected chi connectivity index (χ2v) is 11.5. The van der Waals surface area contributed by atoms with E-state index in [0.717, 1.165) is 55.3 Å². The van der Waals surface area contributed by atoms with Crippen molar-refractivity contribution in [2.24, 2.45) is 46.3 Å². The van der Waals surface area contributed by atoms with Crippen molar-refractivity contribution in [2.45, 2.75) is 77.2 Å². The summed E-state index contributed by atoms with van der Waals surface area (Å²) in [6, 6.07) is 0. The average Bonchev–Trinajstić information content (AvgIpc) is 3.53. The Morgan fingerprint density at radius 3 is 2.67 bits per heavy atom. The van der Waals surface area contributed by atoms with E-state index < -0.39 is 0 Å². The van der Waals surface area contributed by atoms with Crippen molar-refractivity contribution in [3.8, 4) is 0 Å². The molecule has 27 heavy (non-hydrogen) atoms. The van der Waals surface area contributed by atoms with E-state index in [1.165, 1.54) is 25.7 Å². The predicted molar refractivity (Wildman–Crippen MR) is 99.6 cm³/mol. The van der Waals surface area contributed by atoms with Gasteiger partial charge in [0.2, 0.25) is 0 Å². The summed E-state index contributed by atoms with van der Waals surface area (Å²) in [5.74, 6) is 5.00. The number of allylic oxidation sites excluding steroid dienone is 2. The van der Waals surface area contributed by atoms with Gasteiger partial charge in [-0.15, -0.1) is 0 Å². The first-order valence-electron chi connectivity index (χ1n) is 11.3. The summed E-state index contributed by atoms with van der Waals surface area (Å²) in [4.78, 5) is 24.3. The molecular formula is C24H30O3. The fraction of sp³-hybridized carbons (Fsp3) is 0.833. The second kappa shape index (κ2) is 4.39. The summed E-state index contributed by atoms with van der Waals surface area (Å²) in [6.07, 6.45) is 9.28. The molecule has 6 aliphatic carbocycles. The van der Waals surface area contributed by atoms with Gasteiger partial charge < -0.3 is 4.74 Å². The lowest BCUT2D eigenvalue weighted by atomic mass is 9.45. The van der Waals surface area contributed by atoms with Crippen LogP contribution in [0.3, 0.4) is 0 Å². The van der Waals surface area contributed by atoms with E-state index in [-0.39, 0.29) is 22.4 Å². The molecule has 0 radical (unpaired) electrons. The van der Waals surface area contributed by atoms with Crippen LogP contribution >= 0.6 is 0 Å². The van der Waals surface area contributed by atoms with Gasteiger partial charge in [-0.1, -0.05) is 25.0 Å². The van der Waals surface area contributed by atoms with Crippen LogP contribution in [-0.4, -0.2) is 17.4 Å².